The second kappa shape index (κ2) is 10.2. The number of esters is 1. The van der Waals surface area contributed by atoms with Gasteiger partial charge in [0.15, 0.2) is 0 Å². The molecule has 1 saturated heterocycles. The van der Waals surface area contributed by atoms with Gasteiger partial charge in [-0.3, -0.25) is 9.69 Å². The average Bonchev–Trinajstić information content (AvgIpc) is 2.57. The third-order valence-corrected chi connectivity index (χ3v) is 5.03. The number of rotatable bonds is 10. The van der Waals surface area contributed by atoms with E-state index in [9.17, 15) is 14.0 Å². The third-order valence-electron chi connectivity index (χ3n) is 5.03. The quantitative estimate of drug-likeness (QED) is 0.569. The van der Waals surface area contributed by atoms with Gasteiger partial charge in [-0.25, -0.2) is 9.18 Å². The van der Waals surface area contributed by atoms with Crippen molar-refractivity contribution >= 4 is 5.97 Å². The maximum absolute atomic E-state index is 13.0. The molecule has 1 aliphatic rings. The van der Waals surface area contributed by atoms with Crippen LogP contribution < -0.4 is 5.56 Å². The fraction of sp³-hybridized carbons (Fsp3) is 0.714. The van der Waals surface area contributed by atoms with E-state index in [0.29, 0.717) is 32.5 Å². The molecule has 2 rings (SSSR count). The van der Waals surface area contributed by atoms with Gasteiger partial charge in [0.25, 0.3) is 5.56 Å². The number of aryl methyl sites for hydroxylation is 1. The van der Waals surface area contributed by atoms with Crippen molar-refractivity contribution in [2.45, 2.75) is 58.9 Å². The minimum Gasteiger partial charge on any atom is -0.459 e. The zero-order valence-corrected chi connectivity index (χ0v) is 17.6. The summed E-state index contributed by atoms with van der Waals surface area (Å²) in [5.41, 5.74) is 1.67. The number of carbonyl (C=O) groups excluding carboxylic acids is 1. The van der Waals surface area contributed by atoms with Gasteiger partial charge >= 0.3 is 5.97 Å². The van der Waals surface area contributed by atoms with Gasteiger partial charge in [-0.05, 0) is 43.7 Å². The van der Waals surface area contributed by atoms with Crippen molar-refractivity contribution in [3.05, 3.63) is 33.7 Å². The average molecular weight is 397 g/mol. The Balaban J connectivity index is 2.21. The number of aromatic nitrogens is 1. The summed E-state index contributed by atoms with van der Waals surface area (Å²) in [4.78, 5) is 27.5. The van der Waals surface area contributed by atoms with Crippen LogP contribution in [0.25, 0.3) is 0 Å². The predicted octanol–water partition coefficient (Wildman–Crippen LogP) is 2.52. The number of pyridine rings is 1. The fourth-order valence-electron chi connectivity index (χ4n) is 3.47. The van der Waals surface area contributed by atoms with E-state index >= 15 is 0 Å². The second-order valence-electron chi connectivity index (χ2n) is 8.18. The standard InChI is InChI=1S/C21H33FN2O4/c1-14(2)8-19(21(26)28-16(4)13-27-5)24-10-17(15(3)9-20(24)25)6-7-23-11-18(22)12-23/h9-10,14,16,18-19H,6-8,11-13H2,1-5H3. The van der Waals surface area contributed by atoms with E-state index in [2.05, 4.69) is 0 Å². The van der Waals surface area contributed by atoms with Crippen molar-refractivity contribution < 1.29 is 18.7 Å². The topological polar surface area (TPSA) is 60.8 Å². The number of hydrogen-bond acceptors (Lipinski definition) is 5. The number of hydrogen-bond donors (Lipinski definition) is 0. The Morgan fingerprint density at radius 2 is 2.00 bits per heavy atom. The first-order valence-corrected chi connectivity index (χ1v) is 9.98. The molecule has 0 spiro atoms. The van der Waals surface area contributed by atoms with Crippen LogP contribution in [0.5, 0.6) is 0 Å². The molecule has 7 heteroatoms. The van der Waals surface area contributed by atoms with Crippen LogP contribution >= 0.6 is 0 Å². The first-order chi connectivity index (χ1) is 13.2. The molecule has 2 heterocycles. The highest BCUT2D eigenvalue weighted by atomic mass is 19.1. The molecule has 0 bridgehead atoms. The lowest BCUT2D eigenvalue weighted by molar-refractivity contribution is -0.155. The van der Waals surface area contributed by atoms with Gasteiger partial charge in [0.1, 0.15) is 18.3 Å². The Hall–Kier alpha value is -1.73. The van der Waals surface area contributed by atoms with E-state index in [-0.39, 0.29) is 17.6 Å². The lowest BCUT2D eigenvalue weighted by atomic mass is 10.0. The minimum absolute atomic E-state index is 0.212. The summed E-state index contributed by atoms with van der Waals surface area (Å²) in [6, 6.07) is 0.896. The van der Waals surface area contributed by atoms with Gasteiger partial charge in [0.2, 0.25) is 0 Å². The van der Waals surface area contributed by atoms with Gasteiger partial charge in [-0.1, -0.05) is 13.8 Å². The summed E-state index contributed by atoms with van der Waals surface area (Å²) in [5.74, 6) is -0.201. The summed E-state index contributed by atoms with van der Waals surface area (Å²) in [5, 5.41) is 0. The van der Waals surface area contributed by atoms with Crippen LogP contribution in [0, 0.1) is 12.8 Å². The Labute approximate surface area is 166 Å². The summed E-state index contributed by atoms with van der Waals surface area (Å²) in [6.07, 6.45) is 1.89. The van der Waals surface area contributed by atoms with Crippen molar-refractivity contribution in [1.29, 1.82) is 0 Å². The molecule has 0 radical (unpaired) electrons. The molecule has 0 amide bonds. The number of likely N-dealkylation sites (tertiary alicyclic amines) is 1. The maximum atomic E-state index is 13.0. The van der Waals surface area contributed by atoms with Crippen LogP contribution in [0.3, 0.4) is 0 Å². The van der Waals surface area contributed by atoms with E-state index in [1.807, 2.05) is 25.7 Å². The van der Waals surface area contributed by atoms with Gasteiger partial charge in [0, 0.05) is 39.0 Å². The van der Waals surface area contributed by atoms with E-state index in [1.165, 1.54) is 4.57 Å². The summed E-state index contributed by atoms with van der Waals surface area (Å²) in [6.45, 7) is 9.67. The molecule has 0 aromatic carbocycles. The molecular weight excluding hydrogens is 363 g/mol. The molecule has 0 saturated carbocycles. The Morgan fingerprint density at radius 3 is 2.57 bits per heavy atom. The highest BCUT2D eigenvalue weighted by molar-refractivity contribution is 5.74. The number of carbonyl (C=O) groups is 1. The SMILES string of the molecule is COCC(C)OC(=O)C(CC(C)C)n1cc(CCN2CC(F)C2)c(C)cc1=O. The molecule has 1 fully saturated rings. The first-order valence-electron chi connectivity index (χ1n) is 9.98. The number of halogens is 1. The fourth-order valence-corrected chi connectivity index (χ4v) is 3.47. The third kappa shape index (κ3) is 6.14. The molecule has 28 heavy (non-hydrogen) atoms. The molecule has 2 atom stereocenters. The van der Waals surface area contributed by atoms with Crippen molar-refractivity contribution in [1.82, 2.24) is 9.47 Å². The number of nitrogens with zero attached hydrogens (tertiary/aromatic N) is 2. The number of methoxy groups -OCH3 is 1. The summed E-state index contributed by atoms with van der Waals surface area (Å²) >= 11 is 0. The minimum atomic E-state index is -0.727. The Kier molecular flexibility index (Phi) is 8.19. The number of ether oxygens (including phenoxy) is 2. The van der Waals surface area contributed by atoms with E-state index in [1.54, 1.807) is 26.3 Å². The van der Waals surface area contributed by atoms with Crippen molar-refractivity contribution in [2.75, 3.05) is 33.4 Å². The highest BCUT2D eigenvalue weighted by Gasteiger charge is 2.28. The lowest BCUT2D eigenvalue weighted by Crippen LogP contribution is -2.49. The summed E-state index contributed by atoms with van der Waals surface area (Å²) in [7, 11) is 1.55. The van der Waals surface area contributed by atoms with E-state index in [0.717, 1.165) is 17.7 Å². The van der Waals surface area contributed by atoms with Crippen LogP contribution in [-0.4, -0.2) is 61.1 Å². The largest absolute Gasteiger partial charge is 0.459 e. The zero-order chi connectivity index (χ0) is 20.8. The monoisotopic (exact) mass is 396 g/mol. The summed E-state index contributed by atoms with van der Waals surface area (Å²) < 4.78 is 25.0. The molecule has 158 valence electrons. The van der Waals surface area contributed by atoms with Crippen LogP contribution in [0.4, 0.5) is 4.39 Å². The predicted molar refractivity (Wildman–Crippen MR) is 106 cm³/mol. The smallest absolute Gasteiger partial charge is 0.329 e. The zero-order valence-electron chi connectivity index (χ0n) is 17.6. The molecule has 6 nitrogen and oxygen atoms in total. The van der Waals surface area contributed by atoms with Crippen LogP contribution in [0.1, 0.15) is 44.4 Å². The van der Waals surface area contributed by atoms with Crippen molar-refractivity contribution in [3.63, 3.8) is 0 Å². The maximum Gasteiger partial charge on any atom is 0.329 e. The van der Waals surface area contributed by atoms with Gasteiger partial charge in [0.05, 0.1) is 6.61 Å². The van der Waals surface area contributed by atoms with E-state index in [4.69, 9.17) is 9.47 Å². The van der Waals surface area contributed by atoms with Crippen LogP contribution in [-0.2, 0) is 20.7 Å². The van der Waals surface area contributed by atoms with Crippen LogP contribution in [0.2, 0.25) is 0 Å². The van der Waals surface area contributed by atoms with E-state index < -0.39 is 18.2 Å². The highest BCUT2D eigenvalue weighted by Crippen LogP contribution is 2.21. The molecule has 0 aliphatic carbocycles. The number of alkyl halides is 1. The van der Waals surface area contributed by atoms with Crippen molar-refractivity contribution in [2.24, 2.45) is 5.92 Å². The molecule has 2 unspecified atom stereocenters. The van der Waals surface area contributed by atoms with Crippen molar-refractivity contribution in [3.8, 4) is 0 Å². The first kappa shape index (κ1) is 22.6. The van der Waals surface area contributed by atoms with Gasteiger partial charge < -0.3 is 14.0 Å². The molecule has 0 N–H and O–H groups in total. The van der Waals surface area contributed by atoms with Gasteiger partial charge in [-0.15, -0.1) is 0 Å². The normalized spacial score (nSPS) is 17.4. The molecular formula is C21H33FN2O4. The lowest BCUT2D eigenvalue weighted by Gasteiger charge is -2.34. The molecule has 1 aromatic heterocycles. The second-order valence-corrected chi connectivity index (χ2v) is 8.18. The van der Waals surface area contributed by atoms with Crippen LogP contribution in [0.15, 0.2) is 17.1 Å². The Morgan fingerprint density at radius 1 is 1.32 bits per heavy atom. The molecule has 1 aliphatic heterocycles. The van der Waals surface area contributed by atoms with Gasteiger partial charge in [-0.2, -0.15) is 0 Å². The molecule has 1 aromatic rings. The Bertz CT molecular complexity index is 713.